The summed E-state index contributed by atoms with van der Waals surface area (Å²) in [6, 6.07) is -0.919. The summed E-state index contributed by atoms with van der Waals surface area (Å²) in [7, 11) is 0. The summed E-state index contributed by atoms with van der Waals surface area (Å²) >= 11 is 0. The summed E-state index contributed by atoms with van der Waals surface area (Å²) < 4.78 is 5.32. The molecule has 25 heavy (non-hydrogen) atoms. The lowest BCUT2D eigenvalue weighted by atomic mass is 9.82. The van der Waals surface area contributed by atoms with Gasteiger partial charge in [-0.25, -0.2) is 4.79 Å². The standard InChI is InChI=1S/C19H25NO5/c1-10(2)18(23)20-16-13(9-21)7-5-6-11(3)8-14-15(17(16)22)12(4)19(24)25-14/h7-10,14-17,22H,4-6H2,1-3H3,(H,20,23)/b11-8-,13-7-/t14-,15+,16+,17+/m1/s1. The maximum atomic E-state index is 12.2. The molecule has 2 rings (SSSR count). The average molecular weight is 347 g/mol. The Labute approximate surface area is 147 Å². The van der Waals surface area contributed by atoms with Crippen LogP contribution < -0.4 is 5.32 Å². The van der Waals surface area contributed by atoms with Gasteiger partial charge in [0.1, 0.15) is 12.4 Å². The van der Waals surface area contributed by atoms with Gasteiger partial charge in [0.15, 0.2) is 0 Å². The second-order valence-electron chi connectivity index (χ2n) is 6.93. The Morgan fingerprint density at radius 3 is 2.76 bits per heavy atom. The number of aliphatic hydroxyl groups is 1. The first-order valence-corrected chi connectivity index (χ1v) is 8.47. The first-order chi connectivity index (χ1) is 11.8. The van der Waals surface area contributed by atoms with Gasteiger partial charge in [0.2, 0.25) is 5.91 Å². The predicted octanol–water partition coefficient (Wildman–Crippen LogP) is 1.45. The SMILES string of the molecule is C=C1C(=O)O[C@@H]2/C=C(/C)CC/C=C(/C=O)[C@H](NC(=O)C(C)C)[C@@H](O)[C@@H]12. The number of aliphatic hydroxyl groups excluding tert-OH is 1. The number of esters is 1. The molecule has 0 aromatic rings. The first-order valence-electron chi connectivity index (χ1n) is 8.47. The van der Waals surface area contributed by atoms with E-state index in [9.17, 15) is 19.5 Å². The number of aldehydes is 1. The third-order valence-corrected chi connectivity index (χ3v) is 4.66. The summed E-state index contributed by atoms with van der Waals surface area (Å²) in [5.74, 6) is -1.88. The molecule has 2 N–H and O–H groups in total. The van der Waals surface area contributed by atoms with Crippen molar-refractivity contribution in [3.63, 3.8) is 0 Å². The van der Waals surface area contributed by atoms with Gasteiger partial charge in [0, 0.05) is 17.1 Å². The Morgan fingerprint density at radius 1 is 1.48 bits per heavy atom. The van der Waals surface area contributed by atoms with E-state index in [1.165, 1.54) is 0 Å². The number of amides is 1. The number of nitrogens with one attached hydrogen (secondary N) is 1. The molecule has 0 aromatic carbocycles. The highest BCUT2D eigenvalue weighted by Gasteiger charge is 2.45. The highest BCUT2D eigenvalue weighted by Crippen LogP contribution is 2.34. The van der Waals surface area contributed by atoms with Crippen molar-refractivity contribution in [3.8, 4) is 0 Å². The molecule has 1 heterocycles. The van der Waals surface area contributed by atoms with Gasteiger partial charge >= 0.3 is 5.97 Å². The van der Waals surface area contributed by atoms with Gasteiger partial charge in [-0.1, -0.05) is 32.1 Å². The molecule has 0 aromatic heterocycles. The quantitative estimate of drug-likeness (QED) is 0.349. The lowest BCUT2D eigenvalue weighted by molar-refractivity contribution is -0.138. The van der Waals surface area contributed by atoms with Crippen LogP contribution in [0.15, 0.2) is 35.5 Å². The first kappa shape index (κ1) is 19.1. The number of rotatable bonds is 3. The number of allylic oxidation sites excluding steroid dienone is 2. The van der Waals surface area contributed by atoms with E-state index in [2.05, 4.69) is 11.9 Å². The molecule has 0 spiro atoms. The lowest BCUT2D eigenvalue weighted by Crippen LogP contribution is -2.51. The Hall–Kier alpha value is -2.21. The maximum Gasteiger partial charge on any atom is 0.334 e. The largest absolute Gasteiger partial charge is 0.454 e. The molecule has 1 aliphatic carbocycles. The van der Waals surface area contributed by atoms with Gasteiger partial charge < -0.3 is 15.2 Å². The van der Waals surface area contributed by atoms with Crippen LogP contribution in [0.3, 0.4) is 0 Å². The fourth-order valence-corrected chi connectivity index (χ4v) is 3.12. The van der Waals surface area contributed by atoms with Crippen molar-refractivity contribution >= 4 is 18.2 Å². The zero-order chi connectivity index (χ0) is 18.7. The van der Waals surface area contributed by atoms with E-state index in [4.69, 9.17) is 4.74 Å². The molecular formula is C19H25NO5. The minimum atomic E-state index is -1.20. The second kappa shape index (κ2) is 7.78. The molecule has 6 heteroatoms. The van der Waals surface area contributed by atoms with Gasteiger partial charge in [-0.15, -0.1) is 0 Å². The molecule has 2 aliphatic rings. The summed E-state index contributed by atoms with van der Waals surface area (Å²) in [4.78, 5) is 35.7. The summed E-state index contributed by atoms with van der Waals surface area (Å²) in [5, 5.41) is 13.7. The van der Waals surface area contributed by atoms with Crippen molar-refractivity contribution in [3.05, 3.63) is 35.5 Å². The topological polar surface area (TPSA) is 92.7 Å². The van der Waals surface area contributed by atoms with E-state index in [-0.39, 0.29) is 17.4 Å². The van der Waals surface area contributed by atoms with E-state index in [0.29, 0.717) is 24.7 Å². The number of carbonyl (C=O) groups is 3. The smallest absolute Gasteiger partial charge is 0.334 e. The highest BCUT2D eigenvalue weighted by molar-refractivity contribution is 5.91. The minimum absolute atomic E-state index is 0.149. The van der Waals surface area contributed by atoms with Gasteiger partial charge in [-0.2, -0.15) is 0 Å². The number of fused-ring (bicyclic) bond motifs is 1. The van der Waals surface area contributed by atoms with E-state index in [1.54, 1.807) is 19.9 Å². The maximum absolute atomic E-state index is 12.2. The van der Waals surface area contributed by atoms with Crippen LogP contribution in [0.4, 0.5) is 0 Å². The molecule has 0 radical (unpaired) electrons. The molecule has 136 valence electrons. The van der Waals surface area contributed by atoms with Crippen molar-refractivity contribution in [2.75, 3.05) is 0 Å². The number of carbonyl (C=O) groups excluding carboxylic acids is 3. The van der Waals surface area contributed by atoms with Crippen molar-refractivity contribution in [1.82, 2.24) is 5.32 Å². The van der Waals surface area contributed by atoms with Crippen LogP contribution in [-0.4, -0.2) is 41.5 Å². The highest BCUT2D eigenvalue weighted by atomic mass is 16.6. The van der Waals surface area contributed by atoms with Crippen LogP contribution in [-0.2, 0) is 19.1 Å². The van der Waals surface area contributed by atoms with Crippen molar-refractivity contribution < 1.29 is 24.2 Å². The molecule has 4 atom stereocenters. The number of hydrogen-bond donors (Lipinski definition) is 2. The molecule has 1 amide bonds. The van der Waals surface area contributed by atoms with Crippen LogP contribution in [0.5, 0.6) is 0 Å². The molecular weight excluding hydrogens is 322 g/mol. The van der Waals surface area contributed by atoms with Crippen molar-refractivity contribution in [1.29, 1.82) is 0 Å². The average Bonchev–Trinajstić information content (AvgIpc) is 2.82. The number of ether oxygens (including phenoxy) is 1. The molecule has 0 bridgehead atoms. The summed E-state index contributed by atoms with van der Waals surface area (Å²) in [5.41, 5.74) is 1.44. The third kappa shape index (κ3) is 4.07. The molecule has 6 nitrogen and oxygen atoms in total. The van der Waals surface area contributed by atoms with Crippen LogP contribution in [0, 0.1) is 11.8 Å². The van der Waals surface area contributed by atoms with Crippen LogP contribution in [0.2, 0.25) is 0 Å². The lowest BCUT2D eigenvalue weighted by Gasteiger charge is -2.31. The zero-order valence-corrected chi connectivity index (χ0v) is 14.8. The fraction of sp³-hybridized carbons (Fsp3) is 0.526. The van der Waals surface area contributed by atoms with Crippen molar-refractivity contribution in [2.24, 2.45) is 11.8 Å². The van der Waals surface area contributed by atoms with Crippen molar-refractivity contribution in [2.45, 2.75) is 51.9 Å². The van der Waals surface area contributed by atoms with Gasteiger partial charge in [-0.05, 0) is 25.8 Å². The van der Waals surface area contributed by atoms with Gasteiger partial charge in [0.05, 0.1) is 18.1 Å². The van der Waals surface area contributed by atoms with Crippen LogP contribution in [0.25, 0.3) is 0 Å². The van der Waals surface area contributed by atoms with Crippen LogP contribution >= 0.6 is 0 Å². The zero-order valence-electron chi connectivity index (χ0n) is 14.8. The summed E-state index contributed by atoms with van der Waals surface area (Å²) in [6.07, 6.45) is 3.59. The van der Waals surface area contributed by atoms with Gasteiger partial charge in [0.25, 0.3) is 0 Å². The normalized spacial score (nSPS) is 34.3. The molecule has 1 aliphatic heterocycles. The summed E-state index contributed by atoms with van der Waals surface area (Å²) in [6.45, 7) is 9.09. The number of hydrogen-bond acceptors (Lipinski definition) is 5. The minimum Gasteiger partial charge on any atom is -0.454 e. The van der Waals surface area contributed by atoms with E-state index in [0.717, 1.165) is 5.57 Å². The molecule has 0 saturated carbocycles. The molecule has 0 unspecified atom stereocenters. The molecule has 1 fully saturated rings. The fourth-order valence-electron chi connectivity index (χ4n) is 3.12. The molecule has 1 saturated heterocycles. The Bertz CT molecular complexity index is 646. The van der Waals surface area contributed by atoms with Crippen LogP contribution in [0.1, 0.15) is 33.6 Å². The van der Waals surface area contributed by atoms with Gasteiger partial charge in [-0.3, -0.25) is 9.59 Å². The predicted molar refractivity (Wildman–Crippen MR) is 92.4 cm³/mol. The van der Waals surface area contributed by atoms with E-state index < -0.39 is 30.1 Å². The van der Waals surface area contributed by atoms with E-state index in [1.807, 2.05) is 13.0 Å². The Balaban J connectivity index is 2.46. The van der Waals surface area contributed by atoms with E-state index >= 15 is 0 Å². The Kier molecular flexibility index (Phi) is 5.95. The second-order valence-corrected chi connectivity index (χ2v) is 6.93. The Morgan fingerprint density at radius 2 is 2.16 bits per heavy atom. The monoisotopic (exact) mass is 347 g/mol. The third-order valence-electron chi connectivity index (χ3n) is 4.66.